The van der Waals surface area contributed by atoms with Crippen LogP contribution in [-0.2, 0) is 0 Å². The highest BCUT2D eigenvalue weighted by atomic mass is 16.5. The first kappa shape index (κ1) is 14.8. The van der Waals surface area contributed by atoms with E-state index in [0.717, 1.165) is 34.9 Å². The molecule has 0 aromatic heterocycles. The predicted molar refractivity (Wildman–Crippen MR) is 82.9 cm³/mol. The van der Waals surface area contributed by atoms with Crippen molar-refractivity contribution in [3.63, 3.8) is 0 Å². The predicted octanol–water partition coefficient (Wildman–Crippen LogP) is 3.26. The van der Waals surface area contributed by atoms with Crippen molar-refractivity contribution in [3.05, 3.63) is 42.0 Å². The van der Waals surface area contributed by atoms with Crippen molar-refractivity contribution in [2.75, 3.05) is 13.7 Å². The zero-order chi connectivity index (χ0) is 14.5. The zero-order valence-electron chi connectivity index (χ0n) is 12.2. The Morgan fingerprint density at radius 2 is 1.85 bits per heavy atom. The summed E-state index contributed by atoms with van der Waals surface area (Å²) in [6, 6.07) is 12.0. The highest BCUT2D eigenvalue weighted by molar-refractivity contribution is 5.84. The third kappa shape index (κ3) is 3.11. The van der Waals surface area contributed by atoms with Crippen molar-refractivity contribution >= 4 is 10.8 Å². The van der Waals surface area contributed by atoms with Gasteiger partial charge in [0.1, 0.15) is 5.75 Å². The number of methoxy groups -OCH3 is 1. The van der Waals surface area contributed by atoms with Crippen LogP contribution in [0.15, 0.2) is 36.4 Å². The molecule has 2 aromatic carbocycles. The fourth-order valence-corrected chi connectivity index (χ4v) is 2.60. The van der Waals surface area contributed by atoms with Gasteiger partial charge in [0.25, 0.3) is 0 Å². The third-order valence-electron chi connectivity index (χ3n) is 3.82. The van der Waals surface area contributed by atoms with Gasteiger partial charge in [-0.15, -0.1) is 0 Å². The number of ether oxygens (including phenoxy) is 1. The van der Waals surface area contributed by atoms with Gasteiger partial charge in [0.2, 0.25) is 0 Å². The molecule has 0 aliphatic carbocycles. The molecular formula is C17H23NO2. The molecule has 3 heteroatoms. The molecule has 2 rings (SSSR count). The second-order valence-electron chi connectivity index (χ2n) is 5.20. The number of benzene rings is 2. The molecule has 3 N–H and O–H groups in total. The lowest BCUT2D eigenvalue weighted by molar-refractivity contribution is 0.107. The Labute approximate surface area is 120 Å². The van der Waals surface area contributed by atoms with E-state index in [1.807, 2.05) is 36.4 Å². The number of nitrogens with two attached hydrogens (primary N) is 1. The van der Waals surface area contributed by atoms with E-state index in [1.54, 1.807) is 7.11 Å². The Balaban J connectivity index is 2.31. The van der Waals surface area contributed by atoms with E-state index >= 15 is 0 Å². The summed E-state index contributed by atoms with van der Waals surface area (Å²) in [5.41, 5.74) is 6.71. The van der Waals surface area contributed by atoms with Gasteiger partial charge in [-0.05, 0) is 47.5 Å². The molecule has 0 spiro atoms. The molecule has 0 saturated heterocycles. The molecule has 0 radical (unpaired) electrons. The van der Waals surface area contributed by atoms with Crippen LogP contribution >= 0.6 is 0 Å². The maximum Gasteiger partial charge on any atom is 0.119 e. The van der Waals surface area contributed by atoms with Crippen LogP contribution in [0.5, 0.6) is 5.75 Å². The molecule has 0 saturated carbocycles. The van der Waals surface area contributed by atoms with Gasteiger partial charge < -0.3 is 15.6 Å². The molecule has 0 bridgehead atoms. The summed E-state index contributed by atoms with van der Waals surface area (Å²) >= 11 is 0. The number of hydrogen-bond acceptors (Lipinski definition) is 3. The minimum Gasteiger partial charge on any atom is -0.497 e. The third-order valence-corrected chi connectivity index (χ3v) is 3.82. The van der Waals surface area contributed by atoms with E-state index in [4.69, 9.17) is 10.5 Å². The van der Waals surface area contributed by atoms with E-state index in [9.17, 15) is 5.11 Å². The monoisotopic (exact) mass is 273 g/mol. The maximum absolute atomic E-state index is 10.5. The van der Waals surface area contributed by atoms with Crippen LogP contribution in [0, 0.1) is 5.92 Å². The number of hydrogen-bond donors (Lipinski definition) is 2. The average molecular weight is 273 g/mol. The molecule has 2 unspecified atom stereocenters. The number of aliphatic hydroxyl groups excluding tert-OH is 1. The molecule has 2 atom stereocenters. The Morgan fingerprint density at radius 1 is 1.15 bits per heavy atom. The van der Waals surface area contributed by atoms with Crippen LogP contribution in [0.3, 0.4) is 0 Å². The van der Waals surface area contributed by atoms with Gasteiger partial charge in [-0.1, -0.05) is 31.5 Å². The summed E-state index contributed by atoms with van der Waals surface area (Å²) in [5, 5.41) is 12.7. The van der Waals surface area contributed by atoms with Crippen LogP contribution in [0.1, 0.15) is 31.4 Å². The Kier molecular flexibility index (Phi) is 4.99. The molecule has 2 aromatic rings. The SMILES string of the molecule is CCCC(CN)C(O)c1ccc2cc(OC)ccc2c1. The van der Waals surface area contributed by atoms with Crippen molar-refractivity contribution in [2.24, 2.45) is 11.7 Å². The first-order valence-electron chi connectivity index (χ1n) is 7.15. The van der Waals surface area contributed by atoms with E-state index in [-0.39, 0.29) is 5.92 Å². The zero-order valence-corrected chi connectivity index (χ0v) is 12.2. The molecular weight excluding hydrogens is 250 g/mol. The molecule has 3 nitrogen and oxygen atoms in total. The minimum atomic E-state index is -0.494. The van der Waals surface area contributed by atoms with Crippen molar-refractivity contribution in [2.45, 2.75) is 25.9 Å². The first-order valence-corrected chi connectivity index (χ1v) is 7.15. The van der Waals surface area contributed by atoms with Gasteiger partial charge in [0.15, 0.2) is 0 Å². The smallest absolute Gasteiger partial charge is 0.119 e. The highest BCUT2D eigenvalue weighted by Crippen LogP contribution is 2.29. The molecule has 108 valence electrons. The van der Waals surface area contributed by atoms with E-state index < -0.39 is 6.10 Å². The number of rotatable bonds is 6. The van der Waals surface area contributed by atoms with Gasteiger partial charge in [-0.2, -0.15) is 0 Å². The largest absolute Gasteiger partial charge is 0.497 e. The van der Waals surface area contributed by atoms with Crippen LogP contribution in [0.4, 0.5) is 0 Å². The van der Waals surface area contributed by atoms with Gasteiger partial charge in [-0.3, -0.25) is 0 Å². The second kappa shape index (κ2) is 6.73. The quantitative estimate of drug-likeness (QED) is 0.849. The van der Waals surface area contributed by atoms with Gasteiger partial charge in [0.05, 0.1) is 13.2 Å². The highest BCUT2D eigenvalue weighted by Gasteiger charge is 2.18. The summed E-state index contributed by atoms with van der Waals surface area (Å²) in [7, 11) is 1.66. The molecule has 20 heavy (non-hydrogen) atoms. The minimum absolute atomic E-state index is 0.121. The second-order valence-corrected chi connectivity index (χ2v) is 5.20. The van der Waals surface area contributed by atoms with Crippen molar-refractivity contribution in [3.8, 4) is 5.75 Å². The van der Waals surface area contributed by atoms with Crippen molar-refractivity contribution < 1.29 is 9.84 Å². The Morgan fingerprint density at radius 3 is 2.50 bits per heavy atom. The summed E-state index contributed by atoms with van der Waals surface area (Å²) in [6.07, 6.45) is 1.48. The molecule has 0 heterocycles. The fraction of sp³-hybridized carbons (Fsp3) is 0.412. The lowest BCUT2D eigenvalue weighted by atomic mass is 9.91. The van der Waals surface area contributed by atoms with Crippen LogP contribution in [0.2, 0.25) is 0 Å². The Hall–Kier alpha value is -1.58. The molecule has 0 aliphatic rings. The number of fused-ring (bicyclic) bond motifs is 1. The van der Waals surface area contributed by atoms with Crippen molar-refractivity contribution in [1.82, 2.24) is 0 Å². The van der Waals surface area contributed by atoms with E-state index in [2.05, 4.69) is 6.92 Å². The summed E-state index contributed by atoms with van der Waals surface area (Å²) in [6.45, 7) is 2.62. The Bertz CT molecular complexity index is 568. The van der Waals surface area contributed by atoms with Gasteiger partial charge in [0, 0.05) is 5.92 Å². The summed E-state index contributed by atoms with van der Waals surface area (Å²) in [4.78, 5) is 0. The summed E-state index contributed by atoms with van der Waals surface area (Å²) < 4.78 is 5.22. The average Bonchev–Trinajstić information content (AvgIpc) is 2.50. The van der Waals surface area contributed by atoms with E-state index in [1.165, 1.54) is 0 Å². The lowest BCUT2D eigenvalue weighted by Crippen LogP contribution is -2.21. The lowest BCUT2D eigenvalue weighted by Gasteiger charge is -2.21. The van der Waals surface area contributed by atoms with Crippen LogP contribution in [0.25, 0.3) is 10.8 Å². The molecule has 0 aliphatic heterocycles. The van der Waals surface area contributed by atoms with Crippen LogP contribution in [-0.4, -0.2) is 18.8 Å². The summed E-state index contributed by atoms with van der Waals surface area (Å²) in [5.74, 6) is 0.965. The maximum atomic E-state index is 10.5. The fourth-order valence-electron chi connectivity index (χ4n) is 2.60. The van der Waals surface area contributed by atoms with Crippen molar-refractivity contribution in [1.29, 1.82) is 0 Å². The standard InChI is InChI=1S/C17H23NO2/c1-3-4-15(11-18)17(19)14-6-5-13-10-16(20-2)8-7-12(13)9-14/h5-10,15,17,19H,3-4,11,18H2,1-2H3. The van der Waals surface area contributed by atoms with E-state index in [0.29, 0.717) is 6.54 Å². The number of aliphatic hydroxyl groups is 1. The van der Waals surface area contributed by atoms with Crippen LogP contribution < -0.4 is 10.5 Å². The molecule has 0 amide bonds. The first-order chi connectivity index (χ1) is 9.69. The topological polar surface area (TPSA) is 55.5 Å². The molecule has 0 fully saturated rings. The van der Waals surface area contributed by atoms with Gasteiger partial charge >= 0.3 is 0 Å². The normalized spacial score (nSPS) is 14.2. The van der Waals surface area contributed by atoms with Gasteiger partial charge in [-0.25, -0.2) is 0 Å².